The fourth-order valence-corrected chi connectivity index (χ4v) is 0.0781. The Hall–Kier alpha value is -1.38. The molecule has 0 saturated carbocycles. The highest BCUT2D eigenvalue weighted by molar-refractivity contribution is 5.73. The van der Waals surface area contributed by atoms with Crippen molar-refractivity contribution >= 4 is 5.97 Å². The molecule has 0 aromatic heterocycles. The van der Waals surface area contributed by atoms with Gasteiger partial charge in [0, 0.05) is 6.08 Å². The smallest absolute Gasteiger partial charge is 0.322 e. The summed E-state index contributed by atoms with van der Waals surface area (Å²) < 4.78 is 0. The Morgan fingerprint density at radius 1 is 1.91 bits per heavy atom. The van der Waals surface area contributed by atoms with Gasteiger partial charge in [-0.15, -0.1) is 0 Å². The van der Waals surface area contributed by atoms with Crippen LogP contribution in [0.1, 0.15) is 0 Å². The molecule has 5 heteroatoms. The molecule has 0 heterocycles. The van der Waals surface area contributed by atoms with Gasteiger partial charge >= 0.3 is 5.97 Å². The van der Waals surface area contributed by atoms with E-state index in [9.17, 15) is 4.79 Å². The third-order valence-corrected chi connectivity index (χ3v) is 0.605. The number of hydrogen-bond donors (Lipinski definition) is 3. The number of carbonyl (C=O) groups is 1. The Morgan fingerprint density at radius 3 is 2.27 bits per heavy atom. The lowest BCUT2D eigenvalue weighted by atomic mass is 10.3. The first-order valence-electron chi connectivity index (χ1n) is 2.69. The lowest BCUT2D eigenvalue weighted by Gasteiger charge is -1.96. The summed E-state index contributed by atoms with van der Waals surface area (Å²) in [7, 11) is 0. The van der Waals surface area contributed by atoms with E-state index in [2.05, 4.69) is 6.58 Å². The van der Waals surface area contributed by atoms with Crippen LogP contribution < -0.4 is 5.73 Å². The first kappa shape index (κ1) is 12.3. The Kier molecular flexibility index (Phi) is 9.65. The SMILES string of the molecule is C=CC#N.N[C@@H](CO)C(=O)O. The van der Waals surface area contributed by atoms with Gasteiger partial charge in [-0.25, -0.2) is 0 Å². The summed E-state index contributed by atoms with van der Waals surface area (Å²) in [6, 6.07) is 0.569. The zero-order chi connectivity index (χ0) is 9.28. The number of nitrogens with zero attached hydrogens (tertiary/aromatic N) is 1. The monoisotopic (exact) mass is 158 g/mol. The molecular weight excluding hydrogens is 148 g/mol. The van der Waals surface area contributed by atoms with Crippen LogP contribution in [-0.2, 0) is 4.79 Å². The first-order valence-corrected chi connectivity index (χ1v) is 2.69. The van der Waals surface area contributed by atoms with Crippen molar-refractivity contribution in [3.63, 3.8) is 0 Å². The van der Waals surface area contributed by atoms with Gasteiger partial charge in [-0.3, -0.25) is 4.79 Å². The number of allylic oxidation sites excluding steroid dienone is 1. The predicted molar refractivity (Wildman–Crippen MR) is 38.5 cm³/mol. The van der Waals surface area contributed by atoms with Crippen LogP contribution >= 0.6 is 0 Å². The van der Waals surface area contributed by atoms with Crippen molar-refractivity contribution in [1.82, 2.24) is 0 Å². The van der Waals surface area contributed by atoms with Gasteiger partial charge in [0.1, 0.15) is 6.04 Å². The molecule has 0 aliphatic rings. The third kappa shape index (κ3) is 12.0. The second kappa shape index (κ2) is 8.62. The number of nitrogens with two attached hydrogens (primary N) is 1. The van der Waals surface area contributed by atoms with E-state index in [1.54, 1.807) is 6.07 Å². The van der Waals surface area contributed by atoms with E-state index in [1.807, 2.05) is 0 Å². The number of aliphatic hydroxyl groups is 1. The predicted octanol–water partition coefficient (Wildman–Crippen LogP) is -0.913. The summed E-state index contributed by atoms with van der Waals surface area (Å²) in [4.78, 5) is 9.65. The molecule has 0 bridgehead atoms. The van der Waals surface area contributed by atoms with E-state index < -0.39 is 18.6 Å². The van der Waals surface area contributed by atoms with E-state index in [4.69, 9.17) is 21.2 Å². The summed E-state index contributed by atoms with van der Waals surface area (Å²) >= 11 is 0. The van der Waals surface area contributed by atoms with Crippen molar-refractivity contribution in [2.24, 2.45) is 5.73 Å². The molecule has 0 aromatic rings. The molecule has 62 valence electrons. The van der Waals surface area contributed by atoms with Gasteiger partial charge in [0.15, 0.2) is 0 Å². The van der Waals surface area contributed by atoms with Crippen molar-refractivity contribution in [2.75, 3.05) is 6.61 Å². The minimum absolute atomic E-state index is 0.505. The highest BCUT2D eigenvalue weighted by Crippen LogP contribution is 1.71. The number of carboxylic acid groups (broad SMARTS) is 1. The van der Waals surface area contributed by atoms with Crippen LogP contribution in [-0.4, -0.2) is 28.8 Å². The van der Waals surface area contributed by atoms with E-state index in [-0.39, 0.29) is 0 Å². The number of aliphatic carboxylic acids is 1. The van der Waals surface area contributed by atoms with Gasteiger partial charge in [0.05, 0.1) is 12.7 Å². The summed E-state index contributed by atoms with van der Waals surface area (Å²) in [6.07, 6.45) is 1.18. The van der Waals surface area contributed by atoms with Gasteiger partial charge < -0.3 is 15.9 Å². The second-order valence-corrected chi connectivity index (χ2v) is 1.46. The summed E-state index contributed by atoms with van der Waals surface area (Å²) in [6.45, 7) is 2.61. The Balaban J connectivity index is 0. The lowest BCUT2D eigenvalue weighted by Crippen LogP contribution is -2.33. The molecule has 0 rings (SSSR count). The molecule has 0 amide bonds. The van der Waals surface area contributed by atoms with E-state index in [1.165, 1.54) is 6.08 Å². The second-order valence-electron chi connectivity index (χ2n) is 1.46. The average Bonchev–Trinajstić information content (AvgIpc) is 2.03. The van der Waals surface area contributed by atoms with Gasteiger partial charge in [-0.1, -0.05) is 6.58 Å². The summed E-state index contributed by atoms with van der Waals surface area (Å²) in [5.74, 6) is -1.18. The van der Waals surface area contributed by atoms with Crippen molar-refractivity contribution in [1.29, 1.82) is 5.26 Å². The zero-order valence-electron chi connectivity index (χ0n) is 5.90. The highest BCUT2D eigenvalue weighted by atomic mass is 16.4. The summed E-state index contributed by atoms with van der Waals surface area (Å²) in [5.41, 5.74) is 4.77. The first-order chi connectivity index (χ1) is 5.09. The number of nitriles is 1. The Labute approximate surface area is 64.4 Å². The molecule has 0 aliphatic heterocycles. The van der Waals surface area contributed by atoms with Crippen molar-refractivity contribution in [3.05, 3.63) is 12.7 Å². The molecule has 0 aliphatic carbocycles. The molecule has 0 spiro atoms. The van der Waals surface area contributed by atoms with Gasteiger partial charge in [-0.2, -0.15) is 5.26 Å². The van der Waals surface area contributed by atoms with Gasteiger partial charge in [0.2, 0.25) is 0 Å². The van der Waals surface area contributed by atoms with Crippen LogP contribution in [0.4, 0.5) is 0 Å². The van der Waals surface area contributed by atoms with E-state index in [0.717, 1.165) is 0 Å². The quantitative estimate of drug-likeness (QED) is 0.451. The molecule has 4 N–H and O–H groups in total. The van der Waals surface area contributed by atoms with E-state index >= 15 is 0 Å². The molecule has 0 fully saturated rings. The van der Waals surface area contributed by atoms with Crippen LogP contribution in [0, 0.1) is 11.3 Å². The standard InChI is InChI=1S/C3H7NO3.C3H3N/c4-2(1-5)3(6)7;1-2-3-4/h2,5H,1,4H2,(H,6,7);2H,1H2/t2-;/m0./s1. The van der Waals surface area contributed by atoms with Crippen LogP contribution in [0.25, 0.3) is 0 Å². The Bertz CT molecular complexity index is 162. The maximum atomic E-state index is 9.65. The minimum Gasteiger partial charge on any atom is -0.480 e. The summed E-state index contributed by atoms with van der Waals surface area (Å²) in [5, 5.41) is 23.4. The minimum atomic E-state index is -1.18. The fraction of sp³-hybridized carbons (Fsp3) is 0.333. The molecular formula is C6H10N2O3. The van der Waals surface area contributed by atoms with Gasteiger partial charge in [0.25, 0.3) is 0 Å². The molecule has 0 radical (unpaired) electrons. The molecule has 11 heavy (non-hydrogen) atoms. The average molecular weight is 158 g/mol. The largest absolute Gasteiger partial charge is 0.480 e. The number of aliphatic hydroxyl groups excluding tert-OH is 1. The topological polar surface area (TPSA) is 107 Å². The molecule has 0 saturated heterocycles. The van der Waals surface area contributed by atoms with Crippen LogP contribution in [0.3, 0.4) is 0 Å². The van der Waals surface area contributed by atoms with Crippen molar-refractivity contribution < 1.29 is 15.0 Å². The Morgan fingerprint density at radius 2 is 2.27 bits per heavy atom. The maximum absolute atomic E-state index is 9.65. The normalized spacial score (nSPS) is 9.91. The highest BCUT2D eigenvalue weighted by Gasteiger charge is 2.06. The number of hydrogen-bond acceptors (Lipinski definition) is 4. The lowest BCUT2D eigenvalue weighted by molar-refractivity contribution is -0.139. The molecule has 0 aromatic carbocycles. The number of carboxylic acids is 1. The van der Waals surface area contributed by atoms with Gasteiger partial charge in [-0.05, 0) is 0 Å². The third-order valence-electron chi connectivity index (χ3n) is 0.605. The maximum Gasteiger partial charge on any atom is 0.322 e. The zero-order valence-corrected chi connectivity index (χ0v) is 5.90. The number of rotatable bonds is 2. The van der Waals surface area contributed by atoms with E-state index in [0.29, 0.717) is 0 Å². The van der Waals surface area contributed by atoms with Crippen molar-refractivity contribution in [2.45, 2.75) is 6.04 Å². The van der Waals surface area contributed by atoms with Crippen LogP contribution in [0.15, 0.2) is 12.7 Å². The molecule has 0 unspecified atom stereocenters. The van der Waals surface area contributed by atoms with Crippen molar-refractivity contribution in [3.8, 4) is 6.07 Å². The fourth-order valence-electron chi connectivity index (χ4n) is 0.0781. The molecule has 5 nitrogen and oxygen atoms in total. The van der Waals surface area contributed by atoms with Crippen LogP contribution in [0.2, 0.25) is 0 Å². The molecule has 1 atom stereocenters. The van der Waals surface area contributed by atoms with Crippen LogP contribution in [0.5, 0.6) is 0 Å².